The van der Waals surface area contributed by atoms with Crippen LogP contribution in [0.2, 0.25) is 0 Å². The zero-order valence-corrected chi connectivity index (χ0v) is 37.0. The van der Waals surface area contributed by atoms with E-state index < -0.39 is 0 Å². The summed E-state index contributed by atoms with van der Waals surface area (Å²) in [5, 5.41) is 11.8. The average molecular weight is 960 g/mol. The third kappa shape index (κ3) is 7.76. The SMILES string of the molecule is Cc1ccc(-c2ccnc(-c3[c-]c(-c4cccc5c4nc(-c4cc(C)cc(C)c4O)n5-c4ccc(C(C)(C)C)cc4-c4ccccc4)cc(-c4ccccc4)c3)c2)cc1.[Pt]. The summed E-state index contributed by atoms with van der Waals surface area (Å²) in [5.41, 5.74) is 17.8. The molecule has 1 N–H and O–H groups in total. The van der Waals surface area contributed by atoms with Crippen molar-refractivity contribution in [1.82, 2.24) is 14.5 Å². The molecule has 2 aromatic heterocycles. The predicted molar refractivity (Wildman–Crippen MR) is 245 cm³/mol. The Labute approximate surface area is 367 Å². The normalized spacial score (nSPS) is 11.4. The maximum atomic E-state index is 11.8. The number of phenols is 1. The molecule has 0 aliphatic carbocycles. The Morgan fingerprint density at radius 3 is 1.95 bits per heavy atom. The number of benzene rings is 7. The molecule has 7 aromatic carbocycles. The van der Waals surface area contributed by atoms with Gasteiger partial charge in [-0.05, 0) is 95.5 Å². The summed E-state index contributed by atoms with van der Waals surface area (Å²) in [6.07, 6.45) is 1.88. The van der Waals surface area contributed by atoms with Crippen molar-refractivity contribution in [3.8, 4) is 78.6 Å². The van der Waals surface area contributed by atoms with Gasteiger partial charge in [0.05, 0.1) is 22.3 Å². The number of fused-ring (bicyclic) bond motifs is 1. The molecule has 0 amide bonds. The van der Waals surface area contributed by atoms with Gasteiger partial charge in [0.1, 0.15) is 11.6 Å². The average Bonchev–Trinajstić information content (AvgIpc) is 3.64. The van der Waals surface area contributed by atoms with Crippen LogP contribution >= 0.6 is 0 Å². The maximum Gasteiger partial charge on any atom is 0.148 e. The number of para-hydroxylation sites is 1. The third-order valence-corrected chi connectivity index (χ3v) is 11.2. The second-order valence-corrected chi connectivity index (χ2v) is 16.6. The number of imidazole rings is 1. The molecule has 4 nitrogen and oxygen atoms in total. The number of aryl methyl sites for hydroxylation is 3. The van der Waals surface area contributed by atoms with Crippen molar-refractivity contribution < 1.29 is 26.2 Å². The molecule has 0 atom stereocenters. The summed E-state index contributed by atoms with van der Waals surface area (Å²) in [6.45, 7) is 12.9. The summed E-state index contributed by atoms with van der Waals surface area (Å²) in [4.78, 5) is 10.4. The van der Waals surface area contributed by atoms with Crippen molar-refractivity contribution in [3.63, 3.8) is 0 Å². The van der Waals surface area contributed by atoms with E-state index in [1.807, 2.05) is 31.3 Å². The van der Waals surface area contributed by atoms with Gasteiger partial charge in [-0.1, -0.05) is 158 Å². The summed E-state index contributed by atoms with van der Waals surface area (Å²) in [7, 11) is 0. The van der Waals surface area contributed by atoms with Crippen LogP contribution < -0.4 is 0 Å². The van der Waals surface area contributed by atoms with E-state index in [1.54, 1.807) is 0 Å². The van der Waals surface area contributed by atoms with E-state index in [0.29, 0.717) is 11.4 Å². The largest absolute Gasteiger partial charge is 0.507 e. The first kappa shape index (κ1) is 40.4. The smallest absolute Gasteiger partial charge is 0.148 e. The molecule has 0 bridgehead atoms. The van der Waals surface area contributed by atoms with Crippen molar-refractivity contribution in [2.75, 3.05) is 0 Å². The van der Waals surface area contributed by atoms with Gasteiger partial charge in [-0.3, -0.25) is 9.55 Å². The van der Waals surface area contributed by atoms with Gasteiger partial charge in [-0.15, -0.1) is 23.8 Å². The number of aromatic hydroxyl groups is 1. The van der Waals surface area contributed by atoms with Crippen molar-refractivity contribution in [1.29, 1.82) is 0 Å². The van der Waals surface area contributed by atoms with Crippen molar-refractivity contribution >= 4 is 11.0 Å². The van der Waals surface area contributed by atoms with E-state index >= 15 is 0 Å². The zero-order valence-electron chi connectivity index (χ0n) is 34.7. The van der Waals surface area contributed by atoms with Crippen molar-refractivity contribution in [2.45, 2.75) is 47.0 Å². The van der Waals surface area contributed by atoms with Gasteiger partial charge in [-0.25, -0.2) is 4.98 Å². The quantitative estimate of drug-likeness (QED) is 0.162. The van der Waals surface area contributed by atoms with Gasteiger partial charge in [0.25, 0.3) is 0 Å². The molecule has 2 heterocycles. The van der Waals surface area contributed by atoms with Crippen LogP contribution in [0.25, 0.3) is 83.9 Å². The van der Waals surface area contributed by atoms with E-state index in [2.05, 4.69) is 185 Å². The fourth-order valence-corrected chi connectivity index (χ4v) is 8.07. The molecule has 9 rings (SSSR count). The monoisotopic (exact) mass is 959 g/mol. The molecule has 0 radical (unpaired) electrons. The fourth-order valence-electron chi connectivity index (χ4n) is 8.07. The van der Waals surface area contributed by atoms with Crippen LogP contribution in [0.5, 0.6) is 5.75 Å². The van der Waals surface area contributed by atoms with E-state index in [4.69, 9.17) is 9.97 Å². The molecule has 0 spiro atoms. The van der Waals surface area contributed by atoms with Gasteiger partial charge in [0.2, 0.25) is 0 Å². The van der Waals surface area contributed by atoms with Gasteiger partial charge < -0.3 is 5.11 Å². The van der Waals surface area contributed by atoms with Gasteiger partial charge in [0.15, 0.2) is 0 Å². The number of rotatable bonds is 7. The zero-order chi connectivity index (χ0) is 40.8. The molecule has 0 aliphatic rings. The van der Waals surface area contributed by atoms with Crippen molar-refractivity contribution in [3.05, 3.63) is 192 Å². The third-order valence-electron chi connectivity index (χ3n) is 11.2. The minimum atomic E-state index is -0.0627. The first-order valence-electron chi connectivity index (χ1n) is 20.2. The van der Waals surface area contributed by atoms with Crippen LogP contribution in [-0.4, -0.2) is 19.6 Å². The Balaban J connectivity index is 0.00000499. The Morgan fingerprint density at radius 2 is 1.23 bits per heavy atom. The number of aromatic nitrogens is 3. The summed E-state index contributed by atoms with van der Waals surface area (Å²) >= 11 is 0. The van der Waals surface area contributed by atoms with E-state index in [-0.39, 0.29) is 32.2 Å². The number of nitrogens with zero attached hydrogens (tertiary/aromatic N) is 3. The molecule has 0 fully saturated rings. The molecule has 9 aromatic rings. The predicted octanol–water partition coefficient (Wildman–Crippen LogP) is 14.1. The van der Waals surface area contributed by atoms with Crippen LogP contribution in [-0.2, 0) is 26.5 Å². The van der Waals surface area contributed by atoms with Crippen LogP contribution in [0.1, 0.15) is 43.0 Å². The topological polar surface area (TPSA) is 50.9 Å². The number of phenolic OH excluding ortho intramolecular Hbond substituents is 1. The Hall–Kier alpha value is -6.35. The minimum Gasteiger partial charge on any atom is -0.507 e. The molecule has 0 unspecified atom stereocenters. The Bertz CT molecular complexity index is 3000. The molecule has 60 heavy (non-hydrogen) atoms. The molecule has 0 aliphatic heterocycles. The molecule has 0 saturated heterocycles. The van der Waals surface area contributed by atoms with Crippen LogP contribution in [0.4, 0.5) is 0 Å². The second kappa shape index (κ2) is 16.4. The van der Waals surface area contributed by atoms with E-state index in [1.165, 1.54) is 11.1 Å². The van der Waals surface area contributed by atoms with Crippen LogP contribution in [0.15, 0.2) is 164 Å². The minimum absolute atomic E-state index is 0. The molecule has 0 saturated carbocycles. The van der Waals surface area contributed by atoms with Crippen LogP contribution in [0.3, 0.4) is 0 Å². The summed E-state index contributed by atoms with van der Waals surface area (Å²) in [6, 6.07) is 59.2. The molecule has 5 heteroatoms. The Morgan fingerprint density at radius 1 is 0.550 bits per heavy atom. The summed E-state index contributed by atoms with van der Waals surface area (Å²) in [5.74, 6) is 0.894. The standard InChI is InChI=1S/C55H46N3O.Pt/c1-35-20-22-39(23-21-35)41-26-27-56-49(33-41)44-31-42(38-14-9-7-10-15-38)30-43(32-44)46-18-13-19-51-52(46)57-54(48-29-36(2)28-37(3)53(48)59)58(51)50-25-24-45(55(4,5)6)34-47(50)40-16-11-8-12-17-40;/h7-31,33-34,59H,1-6H3;/q-1;. The maximum absolute atomic E-state index is 11.8. The number of hydrogen-bond acceptors (Lipinski definition) is 3. The molecular formula is C55H46N3OPt-. The van der Waals surface area contributed by atoms with Gasteiger partial charge in [-0.2, -0.15) is 0 Å². The molecule has 298 valence electrons. The summed E-state index contributed by atoms with van der Waals surface area (Å²) < 4.78 is 2.23. The first-order chi connectivity index (χ1) is 28.5. The van der Waals surface area contributed by atoms with Gasteiger partial charge in [0, 0.05) is 38.5 Å². The number of pyridine rings is 1. The first-order valence-corrected chi connectivity index (χ1v) is 20.2. The molecular weight excluding hydrogens is 914 g/mol. The fraction of sp³-hybridized carbons (Fsp3) is 0.127. The number of hydrogen-bond donors (Lipinski definition) is 1. The second-order valence-electron chi connectivity index (χ2n) is 16.6. The van der Waals surface area contributed by atoms with Gasteiger partial charge >= 0.3 is 0 Å². The Kier molecular flexibility index (Phi) is 11.0. The van der Waals surface area contributed by atoms with E-state index in [0.717, 1.165) is 83.6 Å². The van der Waals surface area contributed by atoms with Crippen LogP contribution in [0, 0.1) is 26.8 Å². The van der Waals surface area contributed by atoms with Crippen molar-refractivity contribution in [2.24, 2.45) is 0 Å². The van der Waals surface area contributed by atoms with E-state index in [9.17, 15) is 5.11 Å².